The van der Waals surface area contributed by atoms with Crippen LogP contribution in [-0.2, 0) is 5.67 Å². The molecule has 130 valence electrons. The van der Waals surface area contributed by atoms with Crippen LogP contribution in [0.3, 0.4) is 0 Å². The normalized spacial score (nSPS) is 14.3. The molecule has 0 spiro atoms. The molecular formula is C11H6Cl3F7N2. The van der Waals surface area contributed by atoms with E-state index in [1.54, 1.807) is 0 Å². The van der Waals surface area contributed by atoms with Gasteiger partial charge in [-0.1, -0.05) is 23.2 Å². The molecule has 0 saturated carbocycles. The fourth-order valence-electron chi connectivity index (χ4n) is 1.53. The zero-order chi connectivity index (χ0) is 18.2. The van der Waals surface area contributed by atoms with E-state index in [0.29, 0.717) is 0 Å². The third-order valence-corrected chi connectivity index (χ3v) is 3.44. The minimum Gasteiger partial charge on any atom is -0.386 e. The quantitative estimate of drug-likeness (QED) is 0.306. The first-order valence-corrected chi connectivity index (χ1v) is 6.75. The van der Waals surface area contributed by atoms with Crippen LogP contribution >= 0.6 is 34.8 Å². The summed E-state index contributed by atoms with van der Waals surface area (Å²) in [4.78, 5) is 3.54. The highest BCUT2D eigenvalue weighted by molar-refractivity contribution is 6.39. The lowest BCUT2D eigenvalue weighted by Crippen LogP contribution is -2.50. The molecule has 0 aromatic heterocycles. The van der Waals surface area contributed by atoms with Gasteiger partial charge in [-0.25, -0.2) is 9.38 Å². The maximum Gasteiger partial charge on any atom is 0.435 e. The number of amidine groups is 1. The highest BCUT2D eigenvalue weighted by Gasteiger charge is 2.73. The van der Waals surface area contributed by atoms with Gasteiger partial charge in [-0.05, 0) is 12.1 Å². The van der Waals surface area contributed by atoms with Crippen molar-refractivity contribution in [2.45, 2.75) is 18.0 Å². The van der Waals surface area contributed by atoms with Crippen molar-refractivity contribution in [1.29, 1.82) is 0 Å². The van der Waals surface area contributed by atoms with Crippen LogP contribution < -0.4 is 5.73 Å². The van der Waals surface area contributed by atoms with Crippen molar-refractivity contribution in [1.82, 2.24) is 0 Å². The first-order chi connectivity index (χ1) is 10.3. The Morgan fingerprint density at radius 1 is 0.957 bits per heavy atom. The van der Waals surface area contributed by atoms with Crippen LogP contribution in [-0.4, -0.2) is 24.1 Å². The molecule has 0 aliphatic rings. The van der Waals surface area contributed by atoms with Gasteiger partial charge in [0, 0.05) is 5.56 Å². The predicted octanol–water partition coefficient (Wildman–Crippen LogP) is 5.51. The number of hydrogen-bond acceptors (Lipinski definition) is 1. The van der Waals surface area contributed by atoms with Gasteiger partial charge in [-0.2, -0.15) is 26.3 Å². The topological polar surface area (TPSA) is 38.4 Å². The summed E-state index contributed by atoms with van der Waals surface area (Å²) in [6.45, 7) is 0. The lowest BCUT2D eigenvalue weighted by molar-refractivity contribution is -0.348. The number of rotatable bonds is 3. The SMILES string of the molecule is NC(CCl)=Nc1c(Cl)cc(C(F)(C(F)(F)F)C(F)(F)F)cc1Cl. The molecule has 0 atom stereocenters. The van der Waals surface area contributed by atoms with Crippen molar-refractivity contribution < 1.29 is 30.7 Å². The van der Waals surface area contributed by atoms with Gasteiger partial charge < -0.3 is 5.73 Å². The summed E-state index contributed by atoms with van der Waals surface area (Å²) < 4.78 is 89.9. The highest BCUT2D eigenvalue weighted by atomic mass is 35.5. The Balaban J connectivity index is 3.62. The van der Waals surface area contributed by atoms with Crippen molar-refractivity contribution in [3.8, 4) is 0 Å². The van der Waals surface area contributed by atoms with Gasteiger partial charge in [0.1, 0.15) is 11.5 Å². The third kappa shape index (κ3) is 3.77. The van der Waals surface area contributed by atoms with Crippen LogP contribution in [0.2, 0.25) is 10.0 Å². The van der Waals surface area contributed by atoms with E-state index in [0.717, 1.165) is 0 Å². The van der Waals surface area contributed by atoms with Gasteiger partial charge in [0.2, 0.25) is 0 Å². The first kappa shape index (κ1) is 20.1. The van der Waals surface area contributed by atoms with Crippen molar-refractivity contribution >= 4 is 46.3 Å². The number of halogens is 10. The van der Waals surface area contributed by atoms with Crippen molar-refractivity contribution in [3.63, 3.8) is 0 Å². The van der Waals surface area contributed by atoms with Crippen molar-refractivity contribution in [2.75, 3.05) is 5.88 Å². The van der Waals surface area contributed by atoms with E-state index in [2.05, 4.69) is 4.99 Å². The molecule has 1 aromatic carbocycles. The second-order valence-electron chi connectivity index (χ2n) is 4.18. The number of benzene rings is 1. The third-order valence-electron chi connectivity index (χ3n) is 2.59. The fourth-order valence-corrected chi connectivity index (χ4v) is 2.16. The van der Waals surface area contributed by atoms with Gasteiger partial charge in [0.05, 0.1) is 15.9 Å². The Morgan fingerprint density at radius 3 is 1.65 bits per heavy atom. The molecule has 0 aliphatic heterocycles. The Labute approximate surface area is 140 Å². The van der Waals surface area contributed by atoms with Crippen LogP contribution in [0, 0.1) is 0 Å². The Kier molecular flexibility index (Phi) is 5.71. The molecule has 12 heteroatoms. The molecule has 0 aliphatic carbocycles. The molecule has 0 radical (unpaired) electrons. The van der Waals surface area contributed by atoms with E-state index in [-0.39, 0.29) is 23.8 Å². The monoisotopic (exact) mass is 404 g/mol. The highest BCUT2D eigenvalue weighted by Crippen LogP contribution is 2.54. The van der Waals surface area contributed by atoms with Crippen LogP contribution in [0.15, 0.2) is 17.1 Å². The summed E-state index contributed by atoms with van der Waals surface area (Å²) in [6.07, 6.45) is -12.6. The Bertz CT molecular complexity index is 588. The largest absolute Gasteiger partial charge is 0.435 e. The van der Waals surface area contributed by atoms with E-state index in [4.69, 9.17) is 40.5 Å². The van der Waals surface area contributed by atoms with Gasteiger partial charge in [-0.15, -0.1) is 11.6 Å². The Hall–Kier alpha value is -0.930. The molecule has 0 saturated heterocycles. The van der Waals surface area contributed by atoms with Crippen LogP contribution in [0.5, 0.6) is 0 Å². The zero-order valence-corrected chi connectivity index (χ0v) is 12.9. The molecule has 1 aromatic rings. The summed E-state index contributed by atoms with van der Waals surface area (Å²) >= 11 is 16.4. The van der Waals surface area contributed by atoms with Gasteiger partial charge in [0.15, 0.2) is 0 Å². The molecule has 0 bridgehead atoms. The number of alkyl halides is 8. The minimum atomic E-state index is -6.28. The van der Waals surface area contributed by atoms with Gasteiger partial charge >= 0.3 is 18.0 Å². The van der Waals surface area contributed by atoms with Gasteiger partial charge in [-0.3, -0.25) is 0 Å². The fraction of sp³-hybridized carbons (Fsp3) is 0.364. The number of nitrogens with two attached hydrogens (primary N) is 1. The van der Waals surface area contributed by atoms with Crippen LogP contribution in [0.4, 0.5) is 36.4 Å². The van der Waals surface area contributed by atoms with Crippen LogP contribution in [0.25, 0.3) is 0 Å². The molecule has 1 rings (SSSR count). The van der Waals surface area contributed by atoms with Crippen LogP contribution in [0.1, 0.15) is 5.56 Å². The molecule has 0 unspecified atom stereocenters. The van der Waals surface area contributed by atoms with E-state index < -0.39 is 39.3 Å². The van der Waals surface area contributed by atoms with E-state index in [1.165, 1.54) is 0 Å². The average molecular weight is 406 g/mol. The molecule has 0 heterocycles. The summed E-state index contributed by atoms with van der Waals surface area (Å²) in [7, 11) is 0. The average Bonchev–Trinajstić information content (AvgIpc) is 2.38. The van der Waals surface area contributed by atoms with E-state index in [1.807, 2.05) is 0 Å². The number of hydrogen-bond donors (Lipinski definition) is 1. The summed E-state index contributed by atoms with van der Waals surface area (Å²) in [5.41, 5.74) is -2.63. The maximum absolute atomic E-state index is 13.9. The minimum absolute atomic E-state index is 0.134. The van der Waals surface area contributed by atoms with E-state index in [9.17, 15) is 30.7 Å². The first-order valence-electron chi connectivity index (χ1n) is 5.46. The summed E-state index contributed by atoms with van der Waals surface area (Å²) in [6, 6.07) is 0.267. The smallest absolute Gasteiger partial charge is 0.386 e. The summed E-state index contributed by atoms with van der Waals surface area (Å²) in [5.74, 6) is -0.548. The maximum atomic E-state index is 13.9. The number of aliphatic imine (C=N–C) groups is 1. The van der Waals surface area contributed by atoms with Crippen molar-refractivity contribution in [2.24, 2.45) is 10.7 Å². The standard InChI is InChI=1S/C11H6Cl3F7N2/c12-3-7(22)23-8-5(13)1-4(2-6(8)14)9(15,10(16,17)18)11(19,20)21/h1-2H,3H2,(H2,22,23). The molecule has 23 heavy (non-hydrogen) atoms. The lowest BCUT2D eigenvalue weighted by Gasteiger charge is -2.30. The molecule has 2 nitrogen and oxygen atoms in total. The Morgan fingerprint density at radius 2 is 1.35 bits per heavy atom. The van der Waals surface area contributed by atoms with Crippen molar-refractivity contribution in [3.05, 3.63) is 27.7 Å². The zero-order valence-electron chi connectivity index (χ0n) is 10.7. The molecular weight excluding hydrogens is 399 g/mol. The van der Waals surface area contributed by atoms with Gasteiger partial charge in [0.25, 0.3) is 0 Å². The second-order valence-corrected chi connectivity index (χ2v) is 5.26. The van der Waals surface area contributed by atoms with E-state index >= 15 is 0 Å². The second kappa shape index (κ2) is 6.52. The molecule has 2 N–H and O–H groups in total. The molecule has 0 amide bonds. The summed E-state index contributed by atoms with van der Waals surface area (Å²) in [5, 5.41) is -1.51. The predicted molar refractivity (Wildman–Crippen MR) is 73.4 cm³/mol. The number of nitrogens with zero attached hydrogens (tertiary/aromatic N) is 1. The lowest BCUT2D eigenvalue weighted by atomic mass is 9.94. The molecule has 0 fully saturated rings.